The lowest BCUT2D eigenvalue weighted by atomic mass is 9.87. The molecular formula is C17H27NOS. The molecular weight excluding hydrogens is 266 g/mol. The quantitative estimate of drug-likeness (QED) is 0.843. The molecule has 1 fully saturated rings. The summed E-state index contributed by atoms with van der Waals surface area (Å²) in [5.41, 5.74) is 0. The normalized spacial score (nSPS) is 26.4. The zero-order valence-electron chi connectivity index (χ0n) is 12.9. The molecule has 1 N–H and O–H groups in total. The minimum absolute atomic E-state index is 0.655. The number of thioether (sulfide) groups is 1. The lowest BCUT2D eigenvalue weighted by molar-refractivity contribution is 0.317. The Morgan fingerprint density at radius 2 is 2.20 bits per heavy atom. The van der Waals surface area contributed by atoms with E-state index in [1.54, 1.807) is 7.11 Å². The summed E-state index contributed by atoms with van der Waals surface area (Å²) in [6.45, 7) is 5.76. The number of nitrogens with one attached hydrogen (secondary N) is 1. The summed E-state index contributed by atoms with van der Waals surface area (Å²) in [4.78, 5) is 1.33. The van der Waals surface area contributed by atoms with Gasteiger partial charge in [-0.1, -0.05) is 19.9 Å². The van der Waals surface area contributed by atoms with Gasteiger partial charge in [-0.3, -0.25) is 0 Å². The van der Waals surface area contributed by atoms with Crippen LogP contribution in [0.5, 0.6) is 5.75 Å². The van der Waals surface area contributed by atoms with Gasteiger partial charge in [0.25, 0.3) is 0 Å². The van der Waals surface area contributed by atoms with Crippen LogP contribution < -0.4 is 10.1 Å². The van der Waals surface area contributed by atoms with E-state index in [1.165, 1.54) is 30.6 Å². The molecule has 0 aromatic heterocycles. The van der Waals surface area contributed by atoms with Crippen molar-refractivity contribution in [2.24, 2.45) is 5.92 Å². The maximum absolute atomic E-state index is 5.33. The highest BCUT2D eigenvalue weighted by Crippen LogP contribution is 2.37. The van der Waals surface area contributed by atoms with Crippen molar-refractivity contribution in [2.75, 3.05) is 13.7 Å². The molecule has 3 atom stereocenters. The molecule has 1 aromatic carbocycles. The number of benzene rings is 1. The molecule has 1 aliphatic rings. The van der Waals surface area contributed by atoms with Crippen molar-refractivity contribution in [1.29, 1.82) is 0 Å². The zero-order valence-corrected chi connectivity index (χ0v) is 13.7. The summed E-state index contributed by atoms with van der Waals surface area (Å²) in [7, 11) is 1.73. The Kier molecular flexibility index (Phi) is 6.24. The van der Waals surface area contributed by atoms with E-state index in [4.69, 9.17) is 4.74 Å². The molecule has 0 spiro atoms. The Morgan fingerprint density at radius 1 is 1.35 bits per heavy atom. The van der Waals surface area contributed by atoms with Crippen molar-refractivity contribution in [3.05, 3.63) is 24.3 Å². The maximum atomic E-state index is 5.33. The largest absolute Gasteiger partial charge is 0.497 e. The Labute approximate surface area is 127 Å². The Hall–Kier alpha value is -0.670. The van der Waals surface area contributed by atoms with Crippen molar-refractivity contribution in [3.8, 4) is 5.75 Å². The number of hydrogen-bond acceptors (Lipinski definition) is 3. The smallest absolute Gasteiger partial charge is 0.119 e. The third kappa shape index (κ3) is 4.42. The van der Waals surface area contributed by atoms with Gasteiger partial charge >= 0.3 is 0 Å². The second-order valence-corrected chi connectivity index (χ2v) is 7.13. The fraction of sp³-hybridized carbons (Fsp3) is 0.647. The summed E-state index contributed by atoms with van der Waals surface area (Å²) in [6, 6.07) is 9.11. The molecule has 1 aromatic rings. The van der Waals surface area contributed by atoms with E-state index < -0.39 is 0 Å². The molecule has 3 unspecified atom stereocenters. The molecule has 20 heavy (non-hydrogen) atoms. The number of hydrogen-bond donors (Lipinski definition) is 1. The van der Waals surface area contributed by atoms with Gasteiger partial charge in [0.2, 0.25) is 0 Å². The van der Waals surface area contributed by atoms with Gasteiger partial charge in [0, 0.05) is 16.2 Å². The second kappa shape index (κ2) is 7.94. The van der Waals surface area contributed by atoms with Crippen molar-refractivity contribution < 1.29 is 4.74 Å². The minimum atomic E-state index is 0.655. The Balaban J connectivity index is 2.02. The van der Waals surface area contributed by atoms with Crippen molar-refractivity contribution >= 4 is 11.8 Å². The zero-order chi connectivity index (χ0) is 14.4. The van der Waals surface area contributed by atoms with Gasteiger partial charge in [-0.2, -0.15) is 0 Å². The second-order valence-electron chi connectivity index (χ2n) is 5.81. The first kappa shape index (κ1) is 15.7. The fourth-order valence-corrected chi connectivity index (χ4v) is 4.38. The Bertz CT molecular complexity index is 408. The highest BCUT2D eigenvalue weighted by molar-refractivity contribution is 8.00. The van der Waals surface area contributed by atoms with Gasteiger partial charge in [-0.15, -0.1) is 11.8 Å². The van der Waals surface area contributed by atoms with E-state index in [9.17, 15) is 0 Å². The molecule has 0 radical (unpaired) electrons. The van der Waals surface area contributed by atoms with Crippen LogP contribution in [0.25, 0.3) is 0 Å². The van der Waals surface area contributed by atoms with E-state index in [0.29, 0.717) is 11.3 Å². The maximum Gasteiger partial charge on any atom is 0.119 e. The number of ether oxygens (including phenoxy) is 1. The van der Waals surface area contributed by atoms with Gasteiger partial charge in [0.15, 0.2) is 0 Å². The molecule has 112 valence electrons. The molecule has 0 saturated heterocycles. The predicted molar refractivity (Wildman–Crippen MR) is 87.7 cm³/mol. The summed E-state index contributed by atoms with van der Waals surface area (Å²) in [5, 5.41) is 4.42. The van der Waals surface area contributed by atoms with E-state index in [-0.39, 0.29) is 0 Å². The van der Waals surface area contributed by atoms with E-state index in [1.807, 2.05) is 17.8 Å². The van der Waals surface area contributed by atoms with E-state index in [0.717, 1.165) is 18.2 Å². The highest BCUT2D eigenvalue weighted by Gasteiger charge is 2.28. The van der Waals surface area contributed by atoms with E-state index in [2.05, 4.69) is 37.4 Å². The summed E-state index contributed by atoms with van der Waals surface area (Å²) < 4.78 is 5.33. The fourth-order valence-electron chi connectivity index (χ4n) is 2.87. The third-order valence-corrected chi connectivity index (χ3v) is 5.39. The van der Waals surface area contributed by atoms with Crippen molar-refractivity contribution in [2.45, 2.75) is 55.7 Å². The first-order valence-corrected chi connectivity index (χ1v) is 8.65. The molecule has 0 bridgehead atoms. The standard InChI is InChI=1S/C17H27NOS/c1-4-10-18-16-9-8-13(2)11-17(16)20-15-7-5-6-14(12-15)19-3/h5-7,12-13,16-18H,4,8-11H2,1-3H3. The molecule has 0 heterocycles. The van der Waals surface area contributed by atoms with Crippen LogP contribution in [0.1, 0.15) is 39.5 Å². The highest BCUT2D eigenvalue weighted by atomic mass is 32.2. The lowest BCUT2D eigenvalue weighted by Gasteiger charge is -2.35. The summed E-state index contributed by atoms with van der Waals surface area (Å²) in [6.07, 6.45) is 5.19. The average molecular weight is 293 g/mol. The van der Waals surface area contributed by atoms with Crippen LogP contribution >= 0.6 is 11.8 Å². The third-order valence-electron chi connectivity index (χ3n) is 4.04. The monoisotopic (exact) mass is 293 g/mol. The molecule has 1 saturated carbocycles. The molecule has 2 nitrogen and oxygen atoms in total. The first-order chi connectivity index (χ1) is 9.72. The van der Waals surface area contributed by atoms with Gasteiger partial charge in [-0.05, 0) is 56.3 Å². The van der Waals surface area contributed by atoms with Gasteiger partial charge < -0.3 is 10.1 Å². The number of rotatable bonds is 6. The van der Waals surface area contributed by atoms with Crippen molar-refractivity contribution in [1.82, 2.24) is 5.32 Å². The average Bonchev–Trinajstić information content (AvgIpc) is 2.47. The molecule has 0 aliphatic heterocycles. The van der Waals surface area contributed by atoms with Crippen LogP contribution in [-0.2, 0) is 0 Å². The van der Waals surface area contributed by atoms with Crippen molar-refractivity contribution in [3.63, 3.8) is 0 Å². The van der Waals surface area contributed by atoms with Gasteiger partial charge in [0.05, 0.1) is 7.11 Å². The lowest BCUT2D eigenvalue weighted by Crippen LogP contribution is -2.42. The molecule has 0 amide bonds. The SMILES string of the molecule is CCCNC1CCC(C)CC1Sc1cccc(OC)c1. The van der Waals surface area contributed by atoms with Crippen LogP contribution in [0.15, 0.2) is 29.2 Å². The van der Waals surface area contributed by atoms with Crippen LogP contribution in [-0.4, -0.2) is 24.9 Å². The van der Waals surface area contributed by atoms with Crippen LogP contribution in [0.4, 0.5) is 0 Å². The Morgan fingerprint density at radius 3 is 2.95 bits per heavy atom. The topological polar surface area (TPSA) is 21.3 Å². The van der Waals surface area contributed by atoms with Crippen LogP contribution in [0.3, 0.4) is 0 Å². The van der Waals surface area contributed by atoms with Crippen LogP contribution in [0.2, 0.25) is 0 Å². The van der Waals surface area contributed by atoms with E-state index >= 15 is 0 Å². The number of methoxy groups -OCH3 is 1. The summed E-state index contributed by atoms with van der Waals surface area (Å²) >= 11 is 2.01. The molecule has 3 heteroatoms. The summed E-state index contributed by atoms with van der Waals surface area (Å²) in [5.74, 6) is 1.80. The first-order valence-electron chi connectivity index (χ1n) is 7.77. The predicted octanol–water partition coefficient (Wildman–Crippen LogP) is 4.34. The molecule has 1 aliphatic carbocycles. The minimum Gasteiger partial charge on any atom is -0.497 e. The molecule has 2 rings (SSSR count). The van der Waals surface area contributed by atoms with Gasteiger partial charge in [-0.25, -0.2) is 0 Å². The van der Waals surface area contributed by atoms with Gasteiger partial charge in [0.1, 0.15) is 5.75 Å². The van der Waals surface area contributed by atoms with Crippen LogP contribution in [0, 0.1) is 5.92 Å².